The van der Waals surface area contributed by atoms with Crippen LogP contribution in [0.5, 0.6) is 0 Å². The second kappa shape index (κ2) is 4.23. The molecule has 0 aliphatic heterocycles. The lowest BCUT2D eigenvalue weighted by Crippen LogP contribution is -2.21. The van der Waals surface area contributed by atoms with E-state index in [0.717, 1.165) is 4.90 Å². The Labute approximate surface area is 90.7 Å². The molecule has 0 atom stereocenters. The molecule has 0 N–H and O–H groups in total. The minimum absolute atomic E-state index is 0.0634. The Morgan fingerprint density at radius 3 is 2.60 bits per heavy atom. The predicted octanol–water partition coefficient (Wildman–Crippen LogP) is 1.79. The molecule has 0 aliphatic rings. The highest BCUT2D eigenvalue weighted by Gasteiger charge is 2.03. The SMILES string of the molecule is O=C([O-])c1coc(Sc2ccccc2)c1. The first kappa shape index (κ1) is 9.86. The van der Waals surface area contributed by atoms with Crippen LogP contribution in [0.25, 0.3) is 0 Å². The average Bonchev–Trinajstić information content (AvgIpc) is 2.68. The molecular formula is C11H7O3S-. The van der Waals surface area contributed by atoms with Crippen LogP contribution in [0.15, 0.2) is 57.1 Å². The van der Waals surface area contributed by atoms with Gasteiger partial charge in [0.2, 0.25) is 0 Å². The highest BCUT2D eigenvalue weighted by atomic mass is 32.2. The molecule has 0 fully saturated rings. The Morgan fingerprint density at radius 2 is 2.00 bits per heavy atom. The lowest BCUT2D eigenvalue weighted by Gasteiger charge is -1.95. The van der Waals surface area contributed by atoms with Crippen LogP contribution < -0.4 is 5.11 Å². The van der Waals surface area contributed by atoms with Crippen LogP contribution in [-0.4, -0.2) is 5.97 Å². The van der Waals surface area contributed by atoms with Crippen molar-refractivity contribution in [2.24, 2.45) is 0 Å². The molecule has 76 valence electrons. The monoisotopic (exact) mass is 219 g/mol. The van der Waals surface area contributed by atoms with E-state index in [4.69, 9.17) is 4.42 Å². The molecule has 1 aromatic carbocycles. The van der Waals surface area contributed by atoms with Crippen molar-refractivity contribution < 1.29 is 14.3 Å². The smallest absolute Gasteiger partial charge is 0.165 e. The van der Waals surface area contributed by atoms with Crippen molar-refractivity contribution in [3.05, 3.63) is 48.2 Å². The maximum Gasteiger partial charge on any atom is 0.165 e. The molecule has 15 heavy (non-hydrogen) atoms. The summed E-state index contributed by atoms with van der Waals surface area (Å²) in [6.45, 7) is 0. The van der Waals surface area contributed by atoms with Crippen LogP contribution in [0.1, 0.15) is 10.4 Å². The predicted molar refractivity (Wildman–Crippen MR) is 53.6 cm³/mol. The van der Waals surface area contributed by atoms with Gasteiger partial charge in [-0.2, -0.15) is 0 Å². The van der Waals surface area contributed by atoms with E-state index in [0.29, 0.717) is 5.09 Å². The maximum atomic E-state index is 10.5. The summed E-state index contributed by atoms with van der Waals surface area (Å²) in [5.41, 5.74) is 0.0634. The number of furan rings is 1. The van der Waals surface area contributed by atoms with Gasteiger partial charge in [0, 0.05) is 16.5 Å². The zero-order valence-corrected chi connectivity index (χ0v) is 8.49. The first-order valence-electron chi connectivity index (χ1n) is 4.28. The Balaban J connectivity index is 2.15. The van der Waals surface area contributed by atoms with E-state index in [1.165, 1.54) is 24.1 Å². The molecule has 2 aromatic rings. The van der Waals surface area contributed by atoms with E-state index >= 15 is 0 Å². The van der Waals surface area contributed by atoms with Gasteiger partial charge in [0.1, 0.15) is 6.26 Å². The quantitative estimate of drug-likeness (QED) is 0.789. The van der Waals surface area contributed by atoms with E-state index in [1.54, 1.807) is 0 Å². The molecule has 0 radical (unpaired) electrons. The summed E-state index contributed by atoms with van der Waals surface area (Å²) < 4.78 is 5.07. The molecule has 2 rings (SSSR count). The Bertz CT molecular complexity index is 462. The van der Waals surface area contributed by atoms with Gasteiger partial charge in [0.05, 0.1) is 5.97 Å². The second-order valence-corrected chi connectivity index (χ2v) is 3.93. The van der Waals surface area contributed by atoms with Crippen LogP contribution in [-0.2, 0) is 0 Å². The van der Waals surface area contributed by atoms with Crippen LogP contribution in [0.3, 0.4) is 0 Å². The van der Waals surface area contributed by atoms with Crippen molar-refractivity contribution in [2.45, 2.75) is 9.99 Å². The molecule has 0 saturated carbocycles. The summed E-state index contributed by atoms with van der Waals surface area (Å²) in [5.74, 6) is -1.22. The van der Waals surface area contributed by atoms with Gasteiger partial charge >= 0.3 is 0 Å². The number of aromatic carboxylic acids is 1. The van der Waals surface area contributed by atoms with Crippen molar-refractivity contribution in [1.29, 1.82) is 0 Å². The topological polar surface area (TPSA) is 53.3 Å². The number of carboxylic acid groups (broad SMARTS) is 1. The first-order valence-corrected chi connectivity index (χ1v) is 5.10. The molecule has 0 saturated heterocycles. The van der Waals surface area contributed by atoms with Crippen LogP contribution >= 0.6 is 11.8 Å². The summed E-state index contributed by atoms with van der Waals surface area (Å²) >= 11 is 1.37. The van der Waals surface area contributed by atoms with E-state index in [2.05, 4.69) is 0 Å². The van der Waals surface area contributed by atoms with Crippen LogP contribution in [0.4, 0.5) is 0 Å². The molecule has 0 amide bonds. The second-order valence-electron chi connectivity index (χ2n) is 2.86. The summed E-state index contributed by atoms with van der Waals surface area (Å²) in [6, 6.07) is 11.0. The fraction of sp³-hybridized carbons (Fsp3) is 0. The zero-order chi connectivity index (χ0) is 10.7. The largest absolute Gasteiger partial charge is 0.545 e. The van der Waals surface area contributed by atoms with E-state index < -0.39 is 5.97 Å². The fourth-order valence-electron chi connectivity index (χ4n) is 1.08. The number of rotatable bonds is 3. The average molecular weight is 219 g/mol. The van der Waals surface area contributed by atoms with Gasteiger partial charge in [-0.05, 0) is 12.1 Å². The van der Waals surface area contributed by atoms with Gasteiger partial charge in [-0.1, -0.05) is 30.0 Å². The summed E-state index contributed by atoms with van der Waals surface area (Å²) in [6.07, 6.45) is 1.18. The lowest BCUT2D eigenvalue weighted by atomic mass is 10.4. The lowest BCUT2D eigenvalue weighted by molar-refractivity contribution is -0.255. The van der Waals surface area contributed by atoms with Gasteiger partial charge in [0.15, 0.2) is 5.09 Å². The molecule has 0 unspecified atom stereocenters. The fourth-order valence-corrected chi connectivity index (χ4v) is 1.89. The van der Waals surface area contributed by atoms with E-state index in [1.807, 2.05) is 30.3 Å². The highest BCUT2D eigenvalue weighted by Crippen LogP contribution is 2.28. The molecule has 4 heteroatoms. The van der Waals surface area contributed by atoms with Crippen molar-refractivity contribution >= 4 is 17.7 Å². The van der Waals surface area contributed by atoms with E-state index in [9.17, 15) is 9.90 Å². The summed E-state index contributed by atoms with van der Waals surface area (Å²) in [4.78, 5) is 11.5. The van der Waals surface area contributed by atoms with Gasteiger partial charge in [0.25, 0.3) is 0 Å². The molecular weight excluding hydrogens is 212 g/mol. The first-order chi connectivity index (χ1) is 7.25. The highest BCUT2D eigenvalue weighted by molar-refractivity contribution is 7.99. The molecule has 0 bridgehead atoms. The number of hydrogen-bond acceptors (Lipinski definition) is 4. The third-order valence-electron chi connectivity index (χ3n) is 1.77. The summed E-state index contributed by atoms with van der Waals surface area (Å²) in [7, 11) is 0. The Morgan fingerprint density at radius 1 is 1.27 bits per heavy atom. The van der Waals surface area contributed by atoms with Gasteiger partial charge in [-0.25, -0.2) is 0 Å². The number of carboxylic acids is 1. The van der Waals surface area contributed by atoms with Crippen LogP contribution in [0.2, 0.25) is 0 Å². The van der Waals surface area contributed by atoms with Crippen molar-refractivity contribution in [2.75, 3.05) is 0 Å². The third-order valence-corrected chi connectivity index (χ3v) is 2.70. The zero-order valence-electron chi connectivity index (χ0n) is 7.67. The molecule has 0 spiro atoms. The van der Waals surface area contributed by atoms with Crippen molar-refractivity contribution in [3.8, 4) is 0 Å². The van der Waals surface area contributed by atoms with Crippen molar-refractivity contribution in [3.63, 3.8) is 0 Å². The molecule has 1 aromatic heterocycles. The van der Waals surface area contributed by atoms with Gasteiger partial charge in [-0.3, -0.25) is 0 Å². The summed E-state index contributed by atoms with van der Waals surface area (Å²) in [5, 5.41) is 11.0. The van der Waals surface area contributed by atoms with E-state index in [-0.39, 0.29) is 5.56 Å². The van der Waals surface area contributed by atoms with Gasteiger partial charge < -0.3 is 14.3 Å². The minimum Gasteiger partial charge on any atom is -0.545 e. The number of carbonyl (C=O) groups excluding carboxylic acids is 1. The van der Waals surface area contributed by atoms with Crippen LogP contribution in [0, 0.1) is 0 Å². The number of hydrogen-bond donors (Lipinski definition) is 0. The number of benzene rings is 1. The molecule has 3 nitrogen and oxygen atoms in total. The number of carbonyl (C=O) groups is 1. The minimum atomic E-state index is -1.22. The normalized spacial score (nSPS) is 10.1. The maximum absolute atomic E-state index is 10.5. The Kier molecular flexibility index (Phi) is 2.78. The van der Waals surface area contributed by atoms with Gasteiger partial charge in [-0.15, -0.1) is 0 Å². The third kappa shape index (κ3) is 2.41. The molecule has 1 heterocycles. The molecule has 0 aliphatic carbocycles. The Hall–Kier alpha value is -1.68. The van der Waals surface area contributed by atoms with Crippen molar-refractivity contribution in [1.82, 2.24) is 0 Å². The standard InChI is InChI=1S/C11H8O3S/c12-11(13)8-6-10(14-7-8)15-9-4-2-1-3-5-9/h1-7H,(H,12,13)/p-1.